The van der Waals surface area contributed by atoms with Crippen LogP contribution < -0.4 is 5.56 Å². The Kier molecular flexibility index (Phi) is 5.63. The van der Waals surface area contributed by atoms with Gasteiger partial charge in [-0.25, -0.2) is 9.67 Å². The molecule has 0 radical (unpaired) electrons. The third kappa shape index (κ3) is 4.11. The maximum Gasteiger partial charge on any atom is 0.262 e. The molecule has 4 rings (SSSR count). The molecule has 0 bridgehead atoms. The largest absolute Gasteiger partial charge is 0.341 e. The van der Waals surface area contributed by atoms with E-state index in [-0.39, 0.29) is 17.9 Å². The number of carbonyl (C=O) groups excluding carboxylic acids is 1. The normalized spacial score (nSPS) is 11.0. The second kappa shape index (κ2) is 8.51. The number of nitrogens with zero attached hydrogens (tertiary/aromatic N) is 4. The molecule has 0 aliphatic rings. The van der Waals surface area contributed by atoms with Gasteiger partial charge in [-0.1, -0.05) is 48.0 Å². The number of halogens is 1. The molecule has 0 fully saturated rings. The number of aryl methyl sites for hydroxylation is 1. The highest BCUT2D eigenvalue weighted by Crippen LogP contribution is 2.17. The molecule has 0 spiro atoms. The zero-order chi connectivity index (χ0) is 21.1. The summed E-state index contributed by atoms with van der Waals surface area (Å²) in [6.45, 7) is 0.419. The zero-order valence-corrected chi connectivity index (χ0v) is 17.1. The topological polar surface area (TPSA) is 83.9 Å². The summed E-state index contributed by atoms with van der Waals surface area (Å²) in [7, 11) is 1.73. The summed E-state index contributed by atoms with van der Waals surface area (Å²) in [5.74, 6) is 0.388. The van der Waals surface area contributed by atoms with Crippen LogP contribution in [0.3, 0.4) is 0 Å². The molecule has 4 aromatic rings. The number of fused-ring (bicyclic) bond motifs is 1. The average molecular weight is 422 g/mol. The van der Waals surface area contributed by atoms with E-state index in [9.17, 15) is 9.59 Å². The summed E-state index contributed by atoms with van der Waals surface area (Å²) in [4.78, 5) is 33.9. The van der Waals surface area contributed by atoms with Gasteiger partial charge in [0.15, 0.2) is 5.65 Å². The predicted molar refractivity (Wildman–Crippen MR) is 116 cm³/mol. The first-order chi connectivity index (χ1) is 14.5. The Morgan fingerprint density at radius 3 is 2.63 bits per heavy atom. The van der Waals surface area contributed by atoms with Crippen LogP contribution in [-0.2, 0) is 17.8 Å². The maximum absolute atomic E-state index is 12.6. The monoisotopic (exact) mass is 421 g/mol. The quantitative estimate of drug-likeness (QED) is 0.517. The lowest BCUT2D eigenvalue weighted by molar-refractivity contribution is -0.130. The SMILES string of the molecule is CN(Cc1ccccc1Cl)C(=O)CCc1nc2c(cnn2-c2ccccc2)c(=O)[nH]1. The number of hydrogen-bond donors (Lipinski definition) is 1. The molecule has 0 unspecified atom stereocenters. The molecule has 0 atom stereocenters. The number of benzene rings is 2. The highest BCUT2D eigenvalue weighted by molar-refractivity contribution is 6.31. The summed E-state index contributed by atoms with van der Waals surface area (Å²) in [6.07, 6.45) is 2.03. The van der Waals surface area contributed by atoms with Crippen LogP contribution in [0.25, 0.3) is 16.7 Å². The van der Waals surface area contributed by atoms with Gasteiger partial charge in [-0.3, -0.25) is 9.59 Å². The third-order valence-electron chi connectivity index (χ3n) is 4.85. The lowest BCUT2D eigenvalue weighted by atomic mass is 10.2. The fourth-order valence-electron chi connectivity index (χ4n) is 3.23. The van der Waals surface area contributed by atoms with Crippen molar-refractivity contribution in [1.82, 2.24) is 24.6 Å². The van der Waals surface area contributed by atoms with Gasteiger partial charge in [0.05, 0.1) is 11.9 Å². The summed E-state index contributed by atoms with van der Waals surface area (Å²) >= 11 is 6.18. The van der Waals surface area contributed by atoms with Crippen LogP contribution in [0, 0.1) is 0 Å². The van der Waals surface area contributed by atoms with E-state index in [1.54, 1.807) is 22.7 Å². The Labute approximate surface area is 177 Å². The van der Waals surface area contributed by atoms with Gasteiger partial charge >= 0.3 is 0 Å². The minimum absolute atomic E-state index is 0.0609. The van der Waals surface area contributed by atoms with E-state index in [2.05, 4.69) is 15.1 Å². The van der Waals surface area contributed by atoms with Crippen LogP contribution >= 0.6 is 11.6 Å². The fraction of sp³-hybridized carbons (Fsp3) is 0.182. The van der Waals surface area contributed by atoms with Crippen molar-refractivity contribution in [1.29, 1.82) is 0 Å². The zero-order valence-electron chi connectivity index (χ0n) is 16.4. The molecular weight excluding hydrogens is 402 g/mol. The van der Waals surface area contributed by atoms with Gasteiger partial charge in [0.25, 0.3) is 5.56 Å². The van der Waals surface area contributed by atoms with Crippen molar-refractivity contribution in [2.24, 2.45) is 0 Å². The summed E-state index contributed by atoms with van der Waals surface area (Å²) < 4.78 is 1.62. The van der Waals surface area contributed by atoms with Gasteiger partial charge in [0.2, 0.25) is 5.91 Å². The van der Waals surface area contributed by atoms with Crippen molar-refractivity contribution in [2.45, 2.75) is 19.4 Å². The molecule has 152 valence electrons. The molecule has 0 saturated carbocycles. The van der Waals surface area contributed by atoms with Crippen LogP contribution in [0.5, 0.6) is 0 Å². The average Bonchev–Trinajstić information content (AvgIpc) is 3.19. The van der Waals surface area contributed by atoms with Crippen LogP contribution in [0.2, 0.25) is 5.02 Å². The van der Waals surface area contributed by atoms with E-state index >= 15 is 0 Å². The number of aromatic nitrogens is 4. The van der Waals surface area contributed by atoms with Crippen molar-refractivity contribution in [2.75, 3.05) is 7.05 Å². The van der Waals surface area contributed by atoms with Crippen LogP contribution in [0.15, 0.2) is 65.6 Å². The number of hydrogen-bond acceptors (Lipinski definition) is 4. The molecule has 8 heteroatoms. The number of amides is 1. The number of carbonyl (C=O) groups is 1. The Morgan fingerprint density at radius 1 is 1.13 bits per heavy atom. The van der Waals surface area contributed by atoms with Crippen LogP contribution in [0.1, 0.15) is 17.8 Å². The van der Waals surface area contributed by atoms with Gasteiger partial charge in [-0.05, 0) is 23.8 Å². The number of nitrogens with one attached hydrogen (secondary N) is 1. The van der Waals surface area contributed by atoms with E-state index < -0.39 is 0 Å². The highest BCUT2D eigenvalue weighted by Gasteiger charge is 2.15. The first kappa shape index (κ1) is 19.8. The minimum atomic E-state index is -0.269. The fourth-order valence-corrected chi connectivity index (χ4v) is 3.42. The molecule has 2 heterocycles. The van der Waals surface area contributed by atoms with Gasteiger partial charge < -0.3 is 9.88 Å². The molecule has 30 heavy (non-hydrogen) atoms. The second-order valence-corrected chi connectivity index (χ2v) is 7.39. The summed E-state index contributed by atoms with van der Waals surface area (Å²) in [5.41, 5.74) is 1.90. The number of H-pyrrole nitrogens is 1. The molecule has 2 aromatic carbocycles. The first-order valence-electron chi connectivity index (χ1n) is 9.52. The first-order valence-corrected chi connectivity index (χ1v) is 9.90. The van der Waals surface area contributed by atoms with Crippen molar-refractivity contribution < 1.29 is 4.79 Å². The number of rotatable bonds is 6. The van der Waals surface area contributed by atoms with Crippen LogP contribution in [0.4, 0.5) is 0 Å². The van der Waals surface area contributed by atoms with E-state index in [0.717, 1.165) is 11.3 Å². The molecule has 2 aromatic heterocycles. The molecule has 0 aliphatic carbocycles. The van der Waals surface area contributed by atoms with Crippen molar-refractivity contribution >= 4 is 28.5 Å². The standard InChI is InChI=1S/C22H20ClN5O2/c1-27(14-15-7-5-6-10-18(15)23)20(29)12-11-19-25-21-17(22(30)26-19)13-24-28(21)16-8-3-2-4-9-16/h2-10,13H,11-12,14H2,1H3,(H,25,26,30). The predicted octanol–water partition coefficient (Wildman–Crippen LogP) is 3.35. The molecular formula is C22H20ClN5O2. The number of aromatic amines is 1. The lowest BCUT2D eigenvalue weighted by Crippen LogP contribution is -2.27. The Hall–Kier alpha value is -3.45. The van der Waals surface area contributed by atoms with Crippen LogP contribution in [-0.4, -0.2) is 37.6 Å². The maximum atomic E-state index is 12.6. The second-order valence-electron chi connectivity index (χ2n) is 6.98. The Bertz CT molecular complexity index is 1250. The smallest absolute Gasteiger partial charge is 0.262 e. The molecule has 7 nitrogen and oxygen atoms in total. The Morgan fingerprint density at radius 2 is 1.87 bits per heavy atom. The lowest BCUT2D eigenvalue weighted by Gasteiger charge is -2.18. The summed E-state index contributed by atoms with van der Waals surface area (Å²) in [5, 5.41) is 5.33. The highest BCUT2D eigenvalue weighted by atomic mass is 35.5. The molecule has 0 saturated heterocycles. The van der Waals surface area contributed by atoms with Crippen molar-refractivity contribution in [3.05, 3.63) is 87.6 Å². The van der Waals surface area contributed by atoms with Gasteiger partial charge in [-0.2, -0.15) is 5.10 Å². The molecule has 0 aliphatic heterocycles. The minimum Gasteiger partial charge on any atom is -0.341 e. The molecule has 1 amide bonds. The summed E-state index contributed by atoms with van der Waals surface area (Å²) in [6, 6.07) is 16.9. The Balaban J connectivity index is 1.51. The number of para-hydroxylation sites is 1. The van der Waals surface area contributed by atoms with Gasteiger partial charge in [0.1, 0.15) is 11.2 Å². The third-order valence-corrected chi connectivity index (χ3v) is 5.22. The van der Waals surface area contributed by atoms with E-state index in [1.807, 2.05) is 48.5 Å². The van der Waals surface area contributed by atoms with E-state index in [1.165, 1.54) is 6.20 Å². The van der Waals surface area contributed by atoms with E-state index in [4.69, 9.17) is 11.6 Å². The van der Waals surface area contributed by atoms with Crippen molar-refractivity contribution in [3.63, 3.8) is 0 Å². The van der Waals surface area contributed by atoms with E-state index in [0.29, 0.717) is 34.8 Å². The van der Waals surface area contributed by atoms with Crippen molar-refractivity contribution in [3.8, 4) is 5.69 Å². The molecule has 1 N–H and O–H groups in total. The van der Waals surface area contributed by atoms with Gasteiger partial charge in [-0.15, -0.1) is 0 Å². The van der Waals surface area contributed by atoms with Gasteiger partial charge in [0, 0.05) is 31.5 Å².